The lowest BCUT2D eigenvalue weighted by Crippen LogP contribution is -2.30. The van der Waals surface area contributed by atoms with Crippen molar-refractivity contribution in [3.63, 3.8) is 0 Å². The SMILES string of the molecule is CCCCCCCCCCCCCCCCCCCCCCC(=O)OC[C@H](COP(=O)(O)OC[C@@H](O)COP(=O)(O)OC[C@@H](COC(=O)CCCCCCCCCCC(C)CC)OC(=O)CCCCCCCCCCCCCCCCC(C)C)OC(=O)CCCCCCCCCCCCCCCCCCCCC(C)CC. The van der Waals surface area contributed by atoms with Gasteiger partial charge in [0.05, 0.1) is 26.4 Å². The van der Waals surface area contributed by atoms with Gasteiger partial charge in [0, 0.05) is 25.7 Å². The summed E-state index contributed by atoms with van der Waals surface area (Å²) in [6.45, 7) is 12.1. The topological polar surface area (TPSA) is 237 Å². The van der Waals surface area contributed by atoms with Gasteiger partial charge in [-0.05, 0) is 43.4 Å². The van der Waals surface area contributed by atoms with Crippen LogP contribution in [0.4, 0.5) is 0 Å². The number of hydrogen-bond acceptors (Lipinski definition) is 15. The maximum atomic E-state index is 13.2. The average Bonchev–Trinajstić information content (AvgIpc) is 0.900. The summed E-state index contributed by atoms with van der Waals surface area (Å²) >= 11 is 0. The number of aliphatic hydroxyl groups is 1. The lowest BCUT2D eigenvalue weighted by molar-refractivity contribution is -0.161. The lowest BCUT2D eigenvalue weighted by Gasteiger charge is -2.21. The summed E-state index contributed by atoms with van der Waals surface area (Å²) in [4.78, 5) is 73.5. The quantitative estimate of drug-likeness (QED) is 0.0222. The molecule has 0 saturated heterocycles. The normalized spacial score (nSPS) is 14.3. The van der Waals surface area contributed by atoms with Crippen molar-refractivity contribution in [2.75, 3.05) is 39.6 Å². The zero-order valence-electron chi connectivity index (χ0n) is 73.4. The number of rotatable bonds is 90. The van der Waals surface area contributed by atoms with Crippen molar-refractivity contribution in [1.29, 1.82) is 0 Å². The fraction of sp³-hybridized carbons (Fsp3) is 0.957. The molecule has 0 bridgehead atoms. The van der Waals surface area contributed by atoms with Crippen LogP contribution in [0.5, 0.6) is 0 Å². The highest BCUT2D eigenvalue weighted by Crippen LogP contribution is 2.45. The molecular formula is C92H180O17P2. The maximum Gasteiger partial charge on any atom is 0.472 e. The Labute approximate surface area is 683 Å². The number of aliphatic hydroxyl groups excluding tert-OH is 1. The minimum absolute atomic E-state index is 0.107. The molecule has 3 N–H and O–H groups in total. The third-order valence-electron chi connectivity index (χ3n) is 22.4. The molecule has 0 aromatic heterocycles. The van der Waals surface area contributed by atoms with Gasteiger partial charge in [0.25, 0.3) is 0 Å². The number of phosphoric acid groups is 2. The van der Waals surface area contributed by atoms with Gasteiger partial charge in [0.15, 0.2) is 12.2 Å². The van der Waals surface area contributed by atoms with Gasteiger partial charge in [-0.2, -0.15) is 0 Å². The molecule has 0 spiro atoms. The zero-order valence-corrected chi connectivity index (χ0v) is 75.2. The minimum atomic E-state index is -4.97. The molecule has 0 aromatic carbocycles. The van der Waals surface area contributed by atoms with Gasteiger partial charge in [-0.1, -0.05) is 440 Å². The second kappa shape index (κ2) is 81.8. The Hall–Kier alpha value is -1.94. The summed E-state index contributed by atoms with van der Waals surface area (Å²) in [7, 11) is -9.94. The van der Waals surface area contributed by atoms with Crippen LogP contribution >= 0.6 is 15.6 Å². The maximum absolute atomic E-state index is 13.2. The highest BCUT2D eigenvalue weighted by molar-refractivity contribution is 7.47. The predicted molar refractivity (Wildman–Crippen MR) is 460 cm³/mol. The first-order valence-electron chi connectivity index (χ1n) is 47.4. The fourth-order valence-corrected chi connectivity index (χ4v) is 15.9. The second-order valence-corrected chi connectivity index (χ2v) is 36.9. The lowest BCUT2D eigenvalue weighted by atomic mass is 9.99. The third kappa shape index (κ3) is 82.9. The molecule has 0 aliphatic carbocycles. The summed E-state index contributed by atoms with van der Waals surface area (Å²) < 4.78 is 69.1. The van der Waals surface area contributed by atoms with Crippen LogP contribution in [0.15, 0.2) is 0 Å². The van der Waals surface area contributed by atoms with Crippen LogP contribution in [-0.4, -0.2) is 96.7 Å². The third-order valence-corrected chi connectivity index (χ3v) is 24.3. The van der Waals surface area contributed by atoms with Crippen LogP contribution in [0.25, 0.3) is 0 Å². The summed E-state index contributed by atoms with van der Waals surface area (Å²) in [5.74, 6) is 0.346. The number of carbonyl (C=O) groups excluding carboxylic acids is 4. The van der Waals surface area contributed by atoms with E-state index >= 15 is 0 Å². The monoisotopic (exact) mass is 1620 g/mol. The summed E-state index contributed by atoms with van der Waals surface area (Å²) in [6, 6.07) is 0. The molecule has 7 atom stereocenters. The van der Waals surface area contributed by atoms with Crippen molar-refractivity contribution >= 4 is 39.5 Å². The minimum Gasteiger partial charge on any atom is -0.462 e. The predicted octanol–water partition coefficient (Wildman–Crippen LogP) is 28.4. The highest BCUT2D eigenvalue weighted by Gasteiger charge is 2.31. The molecule has 4 unspecified atom stereocenters. The van der Waals surface area contributed by atoms with E-state index in [0.29, 0.717) is 25.7 Å². The molecule has 19 heteroatoms. The van der Waals surface area contributed by atoms with Crippen molar-refractivity contribution in [2.24, 2.45) is 17.8 Å². The fourth-order valence-electron chi connectivity index (χ4n) is 14.4. The smallest absolute Gasteiger partial charge is 0.462 e. The summed E-state index contributed by atoms with van der Waals surface area (Å²) in [6.07, 6.45) is 75.0. The van der Waals surface area contributed by atoms with Gasteiger partial charge in [-0.3, -0.25) is 37.3 Å². The molecule has 111 heavy (non-hydrogen) atoms. The summed E-state index contributed by atoms with van der Waals surface area (Å²) in [5.41, 5.74) is 0. The Morgan fingerprint density at radius 1 is 0.261 bits per heavy atom. The van der Waals surface area contributed by atoms with E-state index in [1.165, 1.54) is 302 Å². The Balaban J connectivity index is 5.25. The van der Waals surface area contributed by atoms with E-state index in [2.05, 4.69) is 48.5 Å². The Bertz CT molecular complexity index is 2130. The zero-order chi connectivity index (χ0) is 81.5. The van der Waals surface area contributed by atoms with Crippen molar-refractivity contribution in [3.8, 4) is 0 Å². The Morgan fingerprint density at radius 2 is 0.459 bits per heavy atom. The van der Waals surface area contributed by atoms with E-state index < -0.39 is 97.5 Å². The molecule has 0 rings (SSSR count). The van der Waals surface area contributed by atoms with Crippen LogP contribution in [0.3, 0.4) is 0 Å². The molecule has 660 valence electrons. The van der Waals surface area contributed by atoms with Crippen molar-refractivity contribution in [2.45, 2.75) is 510 Å². The van der Waals surface area contributed by atoms with Gasteiger partial charge < -0.3 is 33.8 Å². The molecule has 17 nitrogen and oxygen atoms in total. The largest absolute Gasteiger partial charge is 0.472 e. The number of unbranched alkanes of at least 4 members (excludes halogenated alkanes) is 56. The molecule has 0 saturated carbocycles. The molecule has 0 amide bonds. The standard InChI is InChI=1S/C92H180O17P2/c1-8-11-12-13-14-15-16-17-18-19-20-21-25-28-34-39-44-52-59-66-73-89(94)102-79-87(108-91(96)75-68-61-54-45-40-35-29-26-23-22-24-27-33-38-43-50-57-64-71-84(6)9-2)81-106-110(98,99)104-77-86(93)78-105-111(100,101)107-82-88(80-103-90(95)74-67-60-53-48-47-51-58-65-72-85(7)10-3)109-92(97)76-69-62-55-46-41-36-31-30-32-37-42-49-56-63-70-83(4)5/h83-88,93H,8-82H2,1-7H3,(H,98,99)(H,100,101)/t84?,85?,86-,87-,88-/m1/s1. The molecule has 0 aromatic rings. The van der Waals surface area contributed by atoms with Crippen molar-refractivity contribution in [3.05, 3.63) is 0 Å². The number of hydrogen-bond donors (Lipinski definition) is 3. The Morgan fingerprint density at radius 3 is 0.685 bits per heavy atom. The van der Waals surface area contributed by atoms with E-state index in [1.807, 2.05) is 0 Å². The molecular weight excluding hydrogens is 1440 g/mol. The van der Waals surface area contributed by atoms with E-state index in [1.54, 1.807) is 0 Å². The average molecular weight is 1620 g/mol. The number of ether oxygens (including phenoxy) is 4. The number of esters is 4. The van der Waals surface area contributed by atoms with Gasteiger partial charge in [-0.15, -0.1) is 0 Å². The van der Waals surface area contributed by atoms with Crippen molar-refractivity contribution < 1.29 is 80.2 Å². The molecule has 0 aliphatic rings. The van der Waals surface area contributed by atoms with Gasteiger partial charge in [-0.25, -0.2) is 9.13 Å². The van der Waals surface area contributed by atoms with Crippen LogP contribution < -0.4 is 0 Å². The Kier molecular flexibility index (Phi) is 80.4. The van der Waals surface area contributed by atoms with Gasteiger partial charge in [0.1, 0.15) is 19.3 Å². The first-order valence-corrected chi connectivity index (χ1v) is 50.4. The molecule has 0 heterocycles. The number of carbonyl (C=O) groups is 4. The highest BCUT2D eigenvalue weighted by atomic mass is 31.2. The number of phosphoric ester groups is 2. The van der Waals surface area contributed by atoms with E-state index in [9.17, 15) is 43.2 Å². The first kappa shape index (κ1) is 109. The van der Waals surface area contributed by atoms with Crippen LogP contribution in [-0.2, 0) is 65.4 Å². The molecule has 0 radical (unpaired) electrons. The van der Waals surface area contributed by atoms with Crippen LogP contribution in [0.2, 0.25) is 0 Å². The van der Waals surface area contributed by atoms with Gasteiger partial charge in [0.2, 0.25) is 0 Å². The first-order chi connectivity index (χ1) is 53.8. The molecule has 0 fully saturated rings. The van der Waals surface area contributed by atoms with Crippen LogP contribution in [0, 0.1) is 17.8 Å². The van der Waals surface area contributed by atoms with Gasteiger partial charge >= 0.3 is 39.5 Å². The molecule has 0 aliphatic heterocycles. The second-order valence-electron chi connectivity index (χ2n) is 34.0. The van der Waals surface area contributed by atoms with E-state index in [0.717, 1.165) is 108 Å². The van der Waals surface area contributed by atoms with Crippen molar-refractivity contribution in [1.82, 2.24) is 0 Å². The van der Waals surface area contributed by atoms with Crippen LogP contribution in [0.1, 0.15) is 492 Å². The summed E-state index contributed by atoms with van der Waals surface area (Å²) in [5, 5.41) is 10.7. The van der Waals surface area contributed by atoms with E-state index in [4.69, 9.17) is 37.0 Å². The van der Waals surface area contributed by atoms with E-state index in [-0.39, 0.29) is 25.7 Å².